The number of nitrogens with one attached hydrogen (secondary N) is 1. The van der Waals surface area contributed by atoms with Gasteiger partial charge in [0.05, 0.1) is 28.0 Å². The van der Waals surface area contributed by atoms with Crippen LogP contribution in [-0.4, -0.2) is 0 Å². The Morgan fingerprint density at radius 2 is 1.89 bits per heavy atom. The molecule has 3 N–H and O–H groups in total. The highest BCUT2D eigenvalue weighted by molar-refractivity contribution is 6.33. The smallest absolute Gasteiger partial charge is 0.147 e. The lowest BCUT2D eigenvalue weighted by Crippen LogP contribution is -1.96. The second-order valence-corrected chi connectivity index (χ2v) is 4.08. The van der Waals surface area contributed by atoms with Crippen LogP contribution in [-0.2, 0) is 0 Å². The molecule has 0 unspecified atom stereocenters. The molecule has 5 heteroatoms. The first-order valence-electron chi connectivity index (χ1n) is 5.12. The maximum atomic E-state index is 13.7. The monoisotopic (exact) mass is 261 g/mol. The first kappa shape index (κ1) is 12.2. The number of nitriles is 1. The van der Waals surface area contributed by atoms with Gasteiger partial charge in [0.15, 0.2) is 0 Å². The molecule has 0 heterocycles. The minimum absolute atomic E-state index is 0.251. The number of halogens is 2. The molecule has 0 atom stereocenters. The molecule has 0 amide bonds. The summed E-state index contributed by atoms with van der Waals surface area (Å²) in [5.74, 6) is -0.512. The molecular weight excluding hydrogens is 253 g/mol. The third-order valence-electron chi connectivity index (χ3n) is 2.36. The molecule has 0 aliphatic heterocycles. The van der Waals surface area contributed by atoms with Crippen molar-refractivity contribution >= 4 is 28.7 Å². The fourth-order valence-corrected chi connectivity index (χ4v) is 1.70. The Bertz CT molecular complexity index is 635. The minimum Gasteiger partial charge on any atom is -0.399 e. The zero-order valence-electron chi connectivity index (χ0n) is 9.24. The highest BCUT2D eigenvalue weighted by Gasteiger charge is 2.06. The molecule has 2 aromatic rings. The zero-order valence-corrected chi connectivity index (χ0v) is 10.0. The van der Waals surface area contributed by atoms with Gasteiger partial charge in [0, 0.05) is 5.69 Å². The summed E-state index contributed by atoms with van der Waals surface area (Å²) in [6.45, 7) is 0. The number of nitrogens with two attached hydrogens (primary N) is 1. The van der Waals surface area contributed by atoms with Crippen molar-refractivity contribution < 1.29 is 4.39 Å². The van der Waals surface area contributed by atoms with E-state index in [-0.39, 0.29) is 11.3 Å². The summed E-state index contributed by atoms with van der Waals surface area (Å²) in [6.07, 6.45) is 0. The molecule has 0 radical (unpaired) electrons. The summed E-state index contributed by atoms with van der Waals surface area (Å²) < 4.78 is 13.7. The van der Waals surface area contributed by atoms with E-state index in [1.165, 1.54) is 12.1 Å². The Morgan fingerprint density at radius 3 is 2.50 bits per heavy atom. The van der Waals surface area contributed by atoms with E-state index in [1.54, 1.807) is 18.2 Å². The van der Waals surface area contributed by atoms with Gasteiger partial charge in [-0.2, -0.15) is 5.26 Å². The molecule has 0 saturated heterocycles. The van der Waals surface area contributed by atoms with Gasteiger partial charge in [-0.3, -0.25) is 0 Å². The molecule has 0 aromatic heterocycles. The third-order valence-corrected chi connectivity index (χ3v) is 2.67. The third kappa shape index (κ3) is 2.53. The largest absolute Gasteiger partial charge is 0.399 e. The van der Waals surface area contributed by atoms with Crippen molar-refractivity contribution in [2.24, 2.45) is 0 Å². The second-order valence-electron chi connectivity index (χ2n) is 3.67. The number of benzene rings is 2. The van der Waals surface area contributed by atoms with E-state index in [0.29, 0.717) is 16.4 Å². The van der Waals surface area contributed by atoms with Crippen LogP contribution >= 0.6 is 11.6 Å². The van der Waals surface area contributed by atoms with Crippen molar-refractivity contribution in [3.63, 3.8) is 0 Å². The van der Waals surface area contributed by atoms with Crippen LogP contribution in [0.4, 0.5) is 21.5 Å². The number of anilines is 3. The predicted molar refractivity (Wildman–Crippen MR) is 70.3 cm³/mol. The van der Waals surface area contributed by atoms with Crippen LogP contribution in [0.15, 0.2) is 36.4 Å². The van der Waals surface area contributed by atoms with Gasteiger partial charge in [-0.25, -0.2) is 4.39 Å². The molecule has 0 saturated carbocycles. The van der Waals surface area contributed by atoms with Crippen LogP contribution in [0.5, 0.6) is 0 Å². The van der Waals surface area contributed by atoms with E-state index in [4.69, 9.17) is 22.6 Å². The van der Waals surface area contributed by atoms with Crippen LogP contribution in [0.1, 0.15) is 5.56 Å². The van der Waals surface area contributed by atoms with Crippen molar-refractivity contribution in [1.29, 1.82) is 5.26 Å². The molecule has 2 rings (SSSR count). The number of nitrogens with zero attached hydrogens (tertiary/aromatic N) is 1. The Labute approximate surface area is 109 Å². The van der Waals surface area contributed by atoms with Gasteiger partial charge in [0.25, 0.3) is 0 Å². The molecule has 0 aliphatic rings. The first-order valence-corrected chi connectivity index (χ1v) is 5.49. The maximum absolute atomic E-state index is 13.7. The normalized spacial score (nSPS) is 9.83. The average Bonchev–Trinajstić information content (AvgIpc) is 2.34. The van der Waals surface area contributed by atoms with E-state index in [2.05, 4.69) is 5.32 Å². The lowest BCUT2D eigenvalue weighted by Gasteiger charge is -2.09. The van der Waals surface area contributed by atoms with Crippen molar-refractivity contribution in [3.05, 3.63) is 52.8 Å². The Morgan fingerprint density at radius 1 is 1.17 bits per heavy atom. The molecule has 18 heavy (non-hydrogen) atoms. The van der Waals surface area contributed by atoms with Crippen LogP contribution in [0.3, 0.4) is 0 Å². The van der Waals surface area contributed by atoms with Gasteiger partial charge in [-0.1, -0.05) is 11.6 Å². The van der Waals surface area contributed by atoms with Crippen LogP contribution in [0, 0.1) is 17.1 Å². The van der Waals surface area contributed by atoms with E-state index >= 15 is 0 Å². The molecule has 0 spiro atoms. The zero-order chi connectivity index (χ0) is 13.1. The van der Waals surface area contributed by atoms with Crippen molar-refractivity contribution in [2.45, 2.75) is 0 Å². The van der Waals surface area contributed by atoms with Gasteiger partial charge in [0.2, 0.25) is 0 Å². The lowest BCUT2D eigenvalue weighted by atomic mass is 10.2. The number of rotatable bonds is 2. The van der Waals surface area contributed by atoms with E-state index in [1.807, 2.05) is 6.07 Å². The standard InChI is InChI=1S/C13H9ClFN3/c14-10-6-9(17)2-4-12(10)18-13-3-1-8(7-16)5-11(13)15/h1-6,18H,17H2. The second kappa shape index (κ2) is 4.94. The SMILES string of the molecule is N#Cc1ccc(Nc2ccc(N)cc2Cl)c(F)c1. The predicted octanol–water partition coefficient (Wildman–Crippen LogP) is 3.68. The van der Waals surface area contributed by atoms with Crippen molar-refractivity contribution in [3.8, 4) is 6.07 Å². The van der Waals surface area contributed by atoms with Crippen molar-refractivity contribution in [1.82, 2.24) is 0 Å². The first-order chi connectivity index (χ1) is 8.60. The van der Waals surface area contributed by atoms with E-state index in [0.717, 1.165) is 6.07 Å². The summed E-state index contributed by atoms with van der Waals surface area (Å²) in [7, 11) is 0. The molecular formula is C13H9ClFN3. The quantitative estimate of drug-likeness (QED) is 0.811. The van der Waals surface area contributed by atoms with Crippen molar-refractivity contribution in [2.75, 3.05) is 11.1 Å². The van der Waals surface area contributed by atoms with Gasteiger partial charge in [-0.15, -0.1) is 0 Å². The summed E-state index contributed by atoms with van der Waals surface area (Å²) in [4.78, 5) is 0. The summed E-state index contributed by atoms with van der Waals surface area (Å²) in [5.41, 5.74) is 7.17. The van der Waals surface area contributed by atoms with Gasteiger partial charge < -0.3 is 11.1 Å². The summed E-state index contributed by atoms with van der Waals surface area (Å²) in [5, 5.41) is 11.9. The van der Waals surface area contributed by atoms with Gasteiger partial charge in [0.1, 0.15) is 5.82 Å². The van der Waals surface area contributed by atoms with Gasteiger partial charge >= 0.3 is 0 Å². The maximum Gasteiger partial charge on any atom is 0.147 e. The lowest BCUT2D eigenvalue weighted by molar-refractivity contribution is 0.631. The van der Waals surface area contributed by atoms with Crippen LogP contribution in [0.2, 0.25) is 5.02 Å². The fraction of sp³-hybridized carbons (Fsp3) is 0. The Kier molecular flexibility index (Phi) is 3.35. The van der Waals surface area contributed by atoms with E-state index in [9.17, 15) is 4.39 Å². The molecule has 3 nitrogen and oxygen atoms in total. The van der Waals surface area contributed by atoms with E-state index < -0.39 is 5.82 Å². The molecule has 0 bridgehead atoms. The average molecular weight is 262 g/mol. The minimum atomic E-state index is -0.512. The Balaban J connectivity index is 2.32. The molecule has 0 fully saturated rings. The highest BCUT2D eigenvalue weighted by Crippen LogP contribution is 2.28. The van der Waals surface area contributed by atoms with Gasteiger partial charge in [-0.05, 0) is 36.4 Å². The van der Waals surface area contributed by atoms with Crippen LogP contribution < -0.4 is 11.1 Å². The molecule has 90 valence electrons. The Hall–Kier alpha value is -2.25. The molecule has 2 aromatic carbocycles. The number of hydrogen-bond acceptors (Lipinski definition) is 3. The topological polar surface area (TPSA) is 61.8 Å². The number of hydrogen-bond donors (Lipinski definition) is 2. The van der Waals surface area contributed by atoms with Crippen LogP contribution in [0.25, 0.3) is 0 Å². The summed E-state index contributed by atoms with van der Waals surface area (Å²) >= 11 is 5.97. The fourth-order valence-electron chi connectivity index (χ4n) is 1.46. The molecule has 0 aliphatic carbocycles. The number of nitrogen functional groups attached to an aromatic ring is 1. The highest BCUT2D eigenvalue weighted by atomic mass is 35.5. The summed E-state index contributed by atoms with van der Waals surface area (Å²) in [6, 6.07) is 10.9.